The molecular weight excluding hydrogens is 178 g/mol. The molecule has 2 heterocycles. The van der Waals surface area contributed by atoms with Crippen LogP contribution < -0.4 is 0 Å². The van der Waals surface area contributed by atoms with Crippen molar-refractivity contribution in [2.45, 2.75) is 25.3 Å². The molecule has 1 saturated carbocycles. The number of amides is 1. The zero-order valence-corrected chi connectivity index (χ0v) is 7.98. The van der Waals surface area contributed by atoms with Gasteiger partial charge in [-0.2, -0.15) is 0 Å². The second-order valence-corrected chi connectivity index (χ2v) is 4.27. The number of nitrogens with zero attached hydrogens (tertiary/aromatic N) is 1. The van der Waals surface area contributed by atoms with Crippen molar-refractivity contribution in [2.24, 2.45) is 5.92 Å². The fourth-order valence-electron chi connectivity index (χ4n) is 2.72. The highest BCUT2D eigenvalue weighted by molar-refractivity contribution is 5.92. The van der Waals surface area contributed by atoms with Gasteiger partial charge in [-0.15, -0.1) is 0 Å². The van der Waals surface area contributed by atoms with Crippen LogP contribution in [0.3, 0.4) is 0 Å². The Bertz CT molecular complexity index is 344. The summed E-state index contributed by atoms with van der Waals surface area (Å²) in [5.41, 5.74) is 0. The molecule has 1 aliphatic carbocycles. The Kier molecular flexibility index (Phi) is 1.66. The number of carbonyl (C=O) groups is 1. The van der Waals surface area contributed by atoms with E-state index in [0.29, 0.717) is 11.8 Å². The number of carbonyl (C=O) groups excluding carboxylic acids is 1. The molecular formula is C11H13NO2. The van der Waals surface area contributed by atoms with E-state index in [-0.39, 0.29) is 5.91 Å². The average Bonchev–Trinajstić information content (AvgIpc) is 2.93. The van der Waals surface area contributed by atoms with Gasteiger partial charge in [-0.05, 0) is 37.3 Å². The maximum atomic E-state index is 11.9. The van der Waals surface area contributed by atoms with Crippen molar-refractivity contribution < 1.29 is 9.21 Å². The molecule has 0 aromatic carbocycles. The molecule has 2 atom stereocenters. The number of fused-ring (bicyclic) bond motifs is 2. The normalized spacial score (nSPS) is 29.9. The van der Waals surface area contributed by atoms with Crippen molar-refractivity contribution in [3.63, 3.8) is 0 Å². The maximum Gasteiger partial charge on any atom is 0.289 e. The molecule has 14 heavy (non-hydrogen) atoms. The first kappa shape index (κ1) is 8.09. The molecule has 2 bridgehead atoms. The van der Waals surface area contributed by atoms with E-state index in [1.165, 1.54) is 19.3 Å². The largest absolute Gasteiger partial charge is 0.459 e. The zero-order chi connectivity index (χ0) is 9.54. The van der Waals surface area contributed by atoms with Gasteiger partial charge in [0.25, 0.3) is 5.91 Å². The van der Waals surface area contributed by atoms with Crippen molar-refractivity contribution in [1.29, 1.82) is 0 Å². The van der Waals surface area contributed by atoms with Gasteiger partial charge in [0, 0.05) is 12.6 Å². The molecule has 74 valence electrons. The molecule has 1 aromatic rings. The van der Waals surface area contributed by atoms with Gasteiger partial charge in [-0.3, -0.25) is 4.79 Å². The fourth-order valence-corrected chi connectivity index (χ4v) is 2.72. The summed E-state index contributed by atoms with van der Waals surface area (Å²) in [5, 5.41) is 0. The first-order valence-electron chi connectivity index (χ1n) is 5.19. The lowest BCUT2D eigenvalue weighted by Gasteiger charge is -2.25. The van der Waals surface area contributed by atoms with Crippen LogP contribution >= 0.6 is 0 Å². The molecule has 0 radical (unpaired) electrons. The van der Waals surface area contributed by atoms with Gasteiger partial charge in [0.05, 0.1) is 6.26 Å². The smallest absolute Gasteiger partial charge is 0.289 e. The number of hydrogen-bond donors (Lipinski definition) is 0. The summed E-state index contributed by atoms with van der Waals surface area (Å²) in [7, 11) is 0. The first-order chi connectivity index (χ1) is 6.84. The highest BCUT2D eigenvalue weighted by Gasteiger charge is 2.40. The van der Waals surface area contributed by atoms with Crippen LogP contribution in [0.2, 0.25) is 0 Å². The van der Waals surface area contributed by atoms with Crippen LogP contribution in [0.25, 0.3) is 0 Å². The fraction of sp³-hybridized carbons (Fsp3) is 0.545. The van der Waals surface area contributed by atoms with E-state index < -0.39 is 0 Å². The van der Waals surface area contributed by atoms with E-state index in [2.05, 4.69) is 0 Å². The number of furan rings is 1. The summed E-state index contributed by atoms with van der Waals surface area (Å²) >= 11 is 0. The number of hydrogen-bond acceptors (Lipinski definition) is 2. The predicted molar refractivity (Wildman–Crippen MR) is 50.9 cm³/mol. The van der Waals surface area contributed by atoms with Crippen LogP contribution in [-0.4, -0.2) is 23.4 Å². The van der Waals surface area contributed by atoms with Gasteiger partial charge in [-0.1, -0.05) is 0 Å². The molecule has 3 nitrogen and oxygen atoms in total. The van der Waals surface area contributed by atoms with Crippen molar-refractivity contribution in [3.8, 4) is 0 Å². The van der Waals surface area contributed by atoms with Crippen molar-refractivity contribution >= 4 is 5.91 Å². The van der Waals surface area contributed by atoms with Gasteiger partial charge < -0.3 is 9.32 Å². The highest BCUT2D eigenvalue weighted by Crippen LogP contribution is 2.37. The monoisotopic (exact) mass is 191 g/mol. The summed E-state index contributed by atoms with van der Waals surface area (Å²) in [6.07, 6.45) is 5.23. The zero-order valence-electron chi connectivity index (χ0n) is 7.98. The Labute approximate surface area is 82.7 Å². The summed E-state index contributed by atoms with van der Waals surface area (Å²) in [5.74, 6) is 1.30. The van der Waals surface area contributed by atoms with Crippen LogP contribution in [-0.2, 0) is 0 Å². The topological polar surface area (TPSA) is 33.5 Å². The third-order valence-electron chi connectivity index (χ3n) is 3.40. The van der Waals surface area contributed by atoms with Crippen molar-refractivity contribution in [3.05, 3.63) is 24.2 Å². The molecule has 2 unspecified atom stereocenters. The van der Waals surface area contributed by atoms with Crippen LogP contribution in [0.5, 0.6) is 0 Å². The lowest BCUT2D eigenvalue weighted by atomic mass is 10.1. The molecule has 1 aliphatic heterocycles. The molecule has 1 aromatic heterocycles. The minimum absolute atomic E-state index is 0.0715. The Morgan fingerprint density at radius 2 is 2.43 bits per heavy atom. The van der Waals surface area contributed by atoms with Crippen LogP contribution in [0.1, 0.15) is 29.8 Å². The summed E-state index contributed by atoms with van der Waals surface area (Å²) in [6.45, 7) is 0.935. The van der Waals surface area contributed by atoms with Crippen molar-refractivity contribution in [1.82, 2.24) is 4.90 Å². The molecule has 3 heteroatoms. The summed E-state index contributed by atoms with van der Waals surface area (Å²) in [4.78, 5) is 13.9. The summed E-state index contributed by atoms with van der Waals surface area (Å²) < 4.78 is 5.12. The predicted octanol–water partition coefficient (Wildman–Crippen LogP) is 1.90. The third kappa shape index (κ3) is 1.08. The number of piperidine rings is 1. The molecule has 0 N–H and O–H groups in total. The van der Waals surface area contributed by atoms with Crippen molar-refractivity contribution in [2.75, 3.05) is 6.54 Å². The minimum atomic E-state index is 0.0715. The Balaban J connectivity index is 1.81. The molecule has 1 saturated heterocycles. The lowest BCUT2D eigenvalue weighted by molar-refractivity contribution is 0.0671. The third-order valence-corrected chi connectivity index (χ3v) is 3.40. The van der Waals surface area contributed by atoms with Crippen LogP contribution in [0.4, 0.5) is 0 Å². The number of rotatable bonds is 1. The summed E-state index contributed by atoms with van der Waals surface area (Å²) in [6, 6.07) is 3.99. The van der Waals surface area contributed by atoms with Gasteiger partial charge >= 0.3 is 0 Å². The average molecular weight is 191 g/mol. The second-order valence-electron chi connectivity index (χ2n) is 4.27. The highest BCUT2D eigenvalue weighted by atomic mass is 16.3. The van der Waals surface area contributed by atoms with Gasteiger partial charge in [0.2, 0.25) is 0 Å². The van der Waals surface area contributed by atoms with Crippen LogP contribution in [0, 0.1) is 5.92 Å². The second kappa shape index (κ2) is 2.87. The quantitative estimate of drug-likeness (QED) is 0.679. The van der Waals surface area contributed by atoms with E-state index in [1.54, 1.807) is 18.4 Å². The van der Waals surface area contributed by atoms with Gasteiger partial charge in [-0.25, -0.2) is 0 Å². The maximum absolute atomic E-state index is 11.9. The molecule has 0 spiro atoms. The Hall–Kier alpha value is -1.25. The SMILES string of the molecule is O=C(c1ccco1)N1CC2CCC1C2. The molecule has 2 fully saturated rings. The Morgan fingerprint density at radius 3 is 3.00 bits per heavy atom. The standard InChI is InChI=1S/C11H13NO2/c13-11(10-2-1-5-14-10)12-7-8-3-4-9(12)6-8/h1-2,5,8-9H,3-4,6-7H2. The van der Waals surface area contributed by atoms with Gasteiger partial charge in [0.15, 0.2) is 5.76 Å². The first-order valence-corrected chi connectivity index (χ1v) is 5.19. The van der Waals surface area contributed by atoms with Gasteiger partial charge in [0.1, 0.15) is 0 Å². The molecule has 3 rings (SSSR count). The van der Waals surface area contributed by atoms with Crippen LogP contribution in [0.15, 0.2) is 22.8 Å². The molecule has 1 amide bonds. The number of likely N-dealkylation sites (tertiary alicyclic amines) is 1. The molecule has 2 aliphatic rings. The Morgan fingerprint density at radius 1 is 1.50 bits per heavy atom. The van der Waals surface area contributed by atoms with E-state index in [9.17, 15) is 4.79 Å². The minimum Gasteiger partial charge on any atom is -0.459 e. The lowest BCUT2D eigenvalue weighted by Crippen LogP contribution is -2.37. The van der Waals surface area contributed by atoms with E-state index in [1.807, 2.05) is 4.90 Å². The van der Waals surface area contributed by atoms with E-state index in [0.717, 1.165) is 12.5 Å². The van der Waals surface area contributed by atoms with E-state index in [4.69, 9.17) is 4.42 Å². The van der Waals surface area contributed by atoms with E-state index >= 15 is 0 Å².